The van der Waals surface area contributed by atoms with Gasteiger partial charge in [0.15, 0.2) is 0 Å². The van der Waals surface area contributed by atoms with Crippen LogP contribution in [0, 0.1) is 0 Å². The Labute approximate surface area is 58.0 Å². The lowest BCUT2D eigenvalue weighted by atomic mass is 10.1. The molecule has 0 bridgehead atoms. The molecule has 1 aliphatic heterocycles. The average Bonchev–Trinajstić information content (AvgIpc) is 1.88. The summed E-state index contributed by atoms with van der Waals surface area (Å²) in [5, 5.41) is 0. The van der Waals surface area contributed by atoms with E-state index >= 15 is 0 Å². The van der Waals surface area contributed by atoms with Crippen LogP contribution in [0.2, 0.25) is 0 Å². The van der Waals surface area contributed by atoms with Gasteiger partial charge in [-0.05, 0) is 13.0 Å². The molecule has 0 N–H and O–H groups in total. The van der Waals surface area contributed by atoms with E-state index in [4.69, 9.17) is 0 Å². The van der Waals surface area contributed by atoms with E-state index in [1.54, 1.807) is 13.0 Å². The molecule has 1 rings (SSSR count). The van der Waals surface area contributed by atoms with E-state index in [0.717, 1.165) is 0 Å². The van der Waals surface area contributed by atoms with E-state index < -0.39 is 5.97 Å². The van der Waals surface area contributed by atoms with Crippen LogP contribution in [0.4, 0.5) is 0 Å². The number of cyclic esters (lactones) is 1. The number of allylic oxidation sites excluding steroid dienone is 2. The van der Waals surface area contributed by atoms with Crippen molar-refractivity contribution in [1.82, 2.24) is 0 Å². The molecule has 0 unspecified atom stereocenters. The van der Waals surface area contributed by atoms with Crippen LogP contribution < -0.4 is 0 Å². The Morgan fingerprint density at radius 3 is 2.90 bits per heavy atom. The van der Waals surface area contributed by atoms with Gasteiger partial charge in [-0.2, -0.15) is 0 Å². The molecule has 3 nitrogen and oxygen atoms in total. The zero-order valence-corrected chi connectivity index (χ0v) is 5.51. The van der Waals surface area contributed by atoms with Crippen molar-refractivity contribution < 1.29 is 14.3 Å². The third kappa shape index (κ3) is 1.14. The summed E-state index contributed by atoms with van der Waals surface area (Å²) in [6.45, 7) is 1.67. The first kappa shape index (κ1) is 6.78. The van der Waals surface area contributed by atoms with Gasteiger partial charge in [-0.3, -0.25) is 0 Å². The van der Waals surface area contributed by atoms with E-state index in [9.17, 15) is 9.59 Å². The number of hydrogen-bond acceptors (Lipinski definition) is 3. The first-order chi connectivity index (χ1) is 4.74. The van der Waals surface area contributed by atoms with E-state index in [1.807, 2.05) is 0 Å². The standard InChI is InChI=1S/C7H6O3/c1-5-2-3-6(4-8)7(9)10-5/h2H,3H2,1H3. The van der Waals surface area contributed by atoms with Crippen LogP contribution in [0.5, 0.6) is 0 Å². The molecule has 0 aromatic heterocycles. The first-order valence-corrected chi connectivity index (χ1v) is 2.87. The summed E-state index contributed by atoms with van der Waals surface area (Å²) < 4.78 is 4.61. The lowest BCUT2D eigenvalue weighted by Crippen LogP contribution is -2.11. The topological polar surface area (TPSA) is 43.4 Å². The summed E-state index contributed by atoms with van der Waals surface area (Å²) in [5.41, 5.74) is 0.0607. The molecule has 52 valence electrons. The molecular formula is C7H6O3. The highest BCUT2D eigenvalue weighted by Crippen LogP contribution is 2.13. The van der Waals surface area contributed by atoms with Crippen molar-refractivity contribution >= 4 is 11.9 Å². The summed E-state index contributed by atoms with van der Waals surface area (Å²) in [7, 11) is 0. The summed E-state index contributed by atoms with van der Waals surface area (Å²) in [6.07, 6.45) is 2.01. The van der Waals surface area contributed by atoms with E-state index in [-0.39, 0.29) is 5.57 Å². The number of esters is 1. The smallest absolute Gasteiger partial charge is 0.350 e. The monoisotopic (exact) mass is 138 g/mol. The van der Waals surface area contributed by atoms with E-state index in [1.165, 1.54) is 5.94 Å². The Morgan fingerprint density at radius 1 is 1.70 bits per heavy atom. The van der Waals surface area contributed by atoms with Crippen molar-refractivity contribution in [2.45, 2.75) is 13.3 Å². The maximum atomic E-state index is 10.7. The van der Waals surface area contributed by atoms with Crippen LogP contribution in [0.25, 0.3) is 0 Å². The third-order valence-electron chi connectivity index (χ3n) is 1.22. The minimum atomic E-state index is -0.574. The Hall–Kier alpha value is -1.34. The molecule has 0 aliphatic carbocycles. The number of ether oxygens (including phenoxy) is 1. The molecular weight excluding hydrogens is 132 g/mol. The van der Waals surface area contributed by atoms with E-state index in [0.29, 0.717) is 12.2 Å². The maximum Gasteiger partial charge on any atom is 0.350 e. The van der Waals surface area contributed by atoms with Crippen molar-refractivity contribution in [3.05, 3.63) is 17.4 Å². The Bertz CT molecular complexity index is 244. The van der Waals surface area contributed by atoms with Crippen LogP contribution in [0.1, 0.15) is 13.3 Å². The lowest BCUT2D eigenvalue weighted by Gasteiger charge is -2.08. The predicted molar refractivity (Wildman–Crippen MR) is 33.7 cm³/mol. The second kappa shape index (κ2) is 2.50. The zero-order valence-electron chi connectivity index (χ0n) is 5.51. The number of rotatable bonds is 0. The minimum absolute atomic E-state index is 0.0607. The highest BCUT2D eigenvalue weighted by Gasteiger charge is 2.16. The molecule has 0 radical (unpaired) electrons. The first-order valence-electron chi connectivity index (χ1n) is 2.87. The van der Waals surface area contributed by atoms with Gasteiger partial charge in [0.25, 0.3) is 0 Å². The molecule has 1 heterocycles. The zero-order chi connectivity index (χ0) is 7.56. The van der Waals surface area contributed by atoms with Crippen LogP contribution >= 0.6 is 0 Å². The number of carbonyl (C=O) groups excluding carboxylic acids is 2. The van der Waals surface area contributed by atoms with Gasteiger partial charge in [-0.25, -0.2) is 9.59 Å². The Balaban J connectivity index is 2.90. The van der Waals surface area contributed by atoms with Crippen molar-refractivity contribution in [3.8, 4) is 0 Å². The highest BCUT2D eigenvalue weighted by atomic mass is 16.5. The maximum absolute atomic E-state index is 10.7. The summed E-state index contributed by atoms with van der Waals surface area (Å²) in [4.78, 5) is 20.7. The molecule has 0 fully saturated rings. The quantitative estimate of drug-likeness (QED) is 0.279. The van der Waals surface area contributed by atoms with Gasteiger partial charge < -0.3 is 4.74 Å². The number of carbonyl (C=O) groups is 1. The van der Waals surface area contributed by atoms with Crippen molar-refractivity contribution in [2.75, 3.05) is 0 Å². The number of hydrogen-bond donors (Lipinski definition) is 0. The van der Waals surface area contributed by atoms with Crippen LogP contribution in [0.15, 0.2) is 17.4 Å². The molecule has 0 saturated carbocycles. The van der Waals surface area contributed by atoms with Gasteiger partial charge in [0.1, 0.15) is 17.3 Å². The Morgan fingerprint density at radius 2 is 2.40 bits per heavy atom. The van der Waals surface area contributed by atoms with Crippen molar-refractivity contribution in [2.24, 2.45) is 0 Å². The van der Waals surface area contributed by atoms with Gasteiger partial charge in [0, 0.05) is 6.42 Å². The summed E-state index contributed by atoms with van der Waals surface area (Å²) >= 11 is 0. The van der Waals surface area contributed by atoms with Gasteiger partial charge >= 0.3 is 5.97 Å². The largest absolute Gasteiger partial charge is 0.428 e. The molecule has 3 heteroatoms. The molecule has 0 amide bonds. The summed E-state index contributed by atoms with van der Waals surface area (Å²) in [5.74, 6) is 1.49. The lowest BCUT2D eigenvalue weighted by molar-refractivity contribution is -0.135. The molecule has 10 heavy (non-hydrogen) atoms. The summed E-state index contributed by atoms with van der Waals surface area (Å²) in [6, 6.07) is 0. The molecule has 0 aromatic carbocycles. The van der Waals surface area contributed by atoms with Gasteiger partial charge in [-0.15, -0.1) is 0 Å². The molecule has 1 aliphatic rings. The molecule has 0 saturated heterocycles. The van der Waals surface area contributed by atoms with Gasteiger partial charge in [-0.1, -0.05) is 0 Å². The second-order valence-corrected chi connectivity index (χ2v) is 1.99. The fourth-order valence-electron chi connectivity index (χ4n) is 0.662. The van der Waals surface area contributed by atoms with E-state index in [2.05, 4.69) is 4.74 Å². The van der Waals surface area contributed by atoms with Gasteiger partial charge in [0.2, 0.25) is 0 Å². The fraction of sp³-hybridized carbons (Fsp3) is 0.286. The fourth-order valence-corrected chi connectivity index (χ4v) is 0.662. The third-order valence-corrected chi connectivity index (χ3v) is 1.22. The molecule has 0 atom stereocenters. The Kier molecular flexibility index (Phi) is 1.69. The van der Waals surface area contributed by atoms with Crippen molar-refractivity contribution in [3.63, 3.8) is 0 Å². The predicted octanol–water partition coefficient (Wildman–Crippen LogP) is 0.595. The minimum Gasteiger partial charge on any atom is -0.428 e. The molecule has 0 spiro atoms. The highest BCUT2D eigenvalue weighted by molar-refractivity contribution is 5.98. The normalized spacial score (nSPS) is 17.5. The van der Waals surface area contributed by atoms with Gasteiger partial charge in [0.05, 0.1) is 0 Å². The van der Waals surface area contributed by atoms with Crippen LogP contribution in [-0.4, -0.2) is 11.9 Å². The second-order valence-electron chi connectivity index (χ2n) is 1.99. The van der Waals surface area contributed by atoms with Crippen LogP contribution in [0.3, 0.4) is 0 Å². The van der Waals surface area contributed by atoms with Crippen LogP contribution in [-0.2, 0) is 14.3 Å². The molecule has 0 aromatic rings. The van der Waals surface area contributed by atoms with Crippen molar-refractivity contribution in [1.29, 1.82) is 0 Å². The SMILES string of the molecule is CC1=CCC(=C=O)C(=O)O1. The average molecular weight is 138 g/mol.